The molecule has 2 N–H and O–H groups in total. The highest BCUT2D eigenvalue weighted by Crippen LogP contribution is 2.36. The van der Waals surface area contributed by atoms with E-state index in [1.54, 1.807) is 4.68 Å². The molecule has 0 aliphatic carbocycles. The van der Waals surface area contributed by atoms with Crippen LogP contribution < -0.4 is 5.73 Å². The highest BCUT2D eigenvalue weighted by Gasteiger charge is 2.17. The van der Waals surface area contributed by atoms with Crippen molar-refractivity contribution in [3.8, 4) is 22.4 Å². The number of nitrogen functional groups attached to an aromatic ring is 1. The molecule has 0 aliphatic heterocycles. The Balaban J connectivity index is 2.23. The highest BCUT2D eigenvalue weighted by atomic mass is 127. The van der Waals surface area contributed by atoms with Gasteiger partial charge in [-0.1, -0.05) is 42.0 Å². The van der Waals surface area contributed by atoms with E-state index >= 15 is 0 Å². The number of hydrogen-bond donors (Lipinski definition) is 1. The quantitative estimate of drug-likeness (QED) is 0.666. The molecule has 0 amide bonds. The SMILES string of the molecule is Cc1ccc(-c2c(-c3cccc(I)c3)nn(C)c2N)cc1. The zero-order valence-corrected chi connectivity index (χ0v) is 14.1. The number of nitrogens with two attached hydrogens (primary N) is 1. The molecular weight excluding hydrogens is 373 g/mol. The maximum atomic E-state index is 6.25. The first kappa shape index (κ1) is 14.1. The van der Waals surface area contributed by atoms with Gasteiger partial charge in [0.05, 0.1) is 5.56 Å². The number of aryl methyl sites for hydroxylation is 2. The minimum Gasteiger partial charge on any atom is -0.383 e. The summed E-state index contributed by atoms with van der Waals surface area (Å²) in [5, 5.41) is 4.61. The van der Waals surface area contributed by atoms with Crippen molar-refractivity contribution in [3.05, 3.63) is 57.7 Å². The summed E-state index contributed by atoms with van der Waals surface area (Å²) in [6.07, 6.45) is 0. The molecular formula is C17H16IN3. The summed E-state index contributed by atoms with van der Waals surface area (Å²) in [7, 11) is 1.88. The number of rotatable bonds is 2. The average Bonchev–Trinajstić information content (AvgIpc) is 2.76. The molecule has 0 saturated heterocycles. The third kappa shape index (κ3) is 2.68. The molecule has 106 valence electrons. The Morgan fingerprint density at radius 2 is 1.76 bits per heavy atom. The fraction of sp³-hybridized carbons (Fsp3) is 0.118. The normalized spacial score (nSPS) is 10.8. The van der Waals surface area contributed by atoms with Gasteiger partial charge in [-0.15, -0.1) is 0 Å². The molecule has 3 aromatic rings. The first-order chi connectivity index (χ1) is 10.1. The molecule has 1 aromatic heterocycles. The van der Waals surface area contributed by atoms with Crippen LogP contribution in [0.1, 0.15) is 5.56 Å². The zero-order chi connectivity index (χ0) is 15.0. The summed E-state index contributed by atoms with van der Waals surface area (Å²) in [6.45, 7) is 2.08. The Morgan fingerprint density at radius 3 is 2.43 bits per heavy atom. The number of anilines is 1. The van der Waals surface area contributed by atoms with E-state index in [1.165, 1.54) is 9.13 Å². The van der Waals surface area contributed by atoms with Gasteiger partial charge in [0, 0.05) is 16.2 Å². The van der Waals surface area contributed by atoms with E-state index in [4.69, 9.17) is 5.73 Å². The van der Waals surface area contributed by atoms with Crippen LogP contribution in [0.15, 0.2) is 48.5 Å². The van der Waals surface area contributed by atoms with Crippen LogP contribution in [-0.2, 0) is 7.05 Å². The van der Waals surface area contributed by atoms with Crippen molar-refractivity contribution in [2.75, 3.05) is 5.73 Å². The van der Waals surface area contributed by atoms with Gasteiger partial charge in [-0.05, 0) is 47.2 Å². The Kier molecular flexibility index (Phi) is 3.71. The maximum Gasteiger partial charge on any atom is 0.129 e. The van der Waals surface area contributed by atoms with Crippen LogP contribution in [0.4, 0.5) is 5.82 Å². The van der Waals surface area contributed by atoms with Gasteiger partial charge in [0.25, 0.3) is 0 Å². The van der Waals surface area contributed by atoms with Crippen LogP contribution in [0.5, 0.6) is 0 Å². The minimum absolute atomic E-state index is 0.688. The number of hydrogen-bond acceptors (Lipinski definition) is 2. The van der Waals surface area contributed by atoms with Gasteiger partial charge in [0.2, 0.25) is 0 Å². The second kappa shape index (κ2) is 5.52. The Bertz CT molecular complexity index is 788. The summed E-state index contributed by atoms with van der Waals surface area (Å²) >= 11 is 2.31. The highest BCUT2D eigenvalue weighted by molar-refractivity contribution is 14.1. The van der Waals surface area contributed by atoms with Gasteiger partial charge in [-0.3, -0.25) is 4.68 Å². The van der Waals surface area contributed by atoms with E-state index < -0.39 is 0 Å². The van der Waals surface area contributed by atoms with E-state index in [2.05, 4.69) is 77.1 Å². The van der Waals surface area contributed by atoms with Crippen molar-refractivity contribution in [3.63, 3.8) is 0 Å². The number of aromatic nitrogens is 2. The number of nitrogens with zero attached hydrogens (tertiary/aromatic N) is 2. The van der Waals surface area contributed by atoms with Crippen molar-refractivity contribution in [1.82, 2.24) is 9.78 Å². The molecule has 2 aromatic carbocycles. The largest absolute Gasteiger partial charge is 0.383 e. The van der Waals surface area contributed by atoms with Gasteiger partial charge >= 0.3 is 0 Å². The third-order valence-electron chi connectivity index (χ3n) is 3.53. The summed E-state index contributed by atoms with van der Waals surface area (Å²) in [6, 6.07) is 16.7. The van der Waals surface area contributed by atoms with E-state index in [0.29, 0.717) is 5.82 Å². The van der Waals surface area contributed by atoms with Crippen LogP contribution in [0, 0.1) is 10.5 Å². The van der Waals surface area contributed by atoms with Gasteiger partial charge in [0.15, 0.2) is 0 Å². The van der Waals surface area contributed by atoms with Crippen LogP contribution in [0.25, 0.3) is 22.4 Å². The van der Waals surface area contributed by atoms with Crippen molar-refractivity contribution in [2.24, 2.45) is 7.05 Å². The van der Waals surface area contributed by atoms with Crippen molar-refractivity contribution in [2.45, 2.75) is 6.92 Å². The molecule has 0 radical (unpaired) electrons. The smallest absolute Gasteiger partial charge is 0.129 e. The number of halogens is 1. The lowest BCUT2D eigenvalue weighted by atomic mass is 10.00. The van der Waals surface area contributed by atoms with Crippen molar-refractivity contribution >= 4 is 28.4 Å². The molecule has 0 saturated carbocycles. The molecule has 0 spiro atoms. The van der Waals surface area contributed by atoms with Crippen LogP contribution in [0.2, 0.25) is 0 Å². The van der Waals surface area contributed by atoms with Gasteiger partial charge in [-0.2, -0.15) is 5.10 Å². The maximum absolute atomic E-state index is 6.25. The molecule has 1 heterocycles. The number of benzene rings is 2. The van der Waals surface area contributed by atoms with Crippen molar-refractivity contribution in [1.29, 1.82) is 0 Å². The Morgan fingerprint density at radius 1 is 1.05 bits per heavy atom. The van der Waals surface area contributed by atoms with Crippen LogP contribution in [-0.4, -0.2) is 9.78 Å². The molecule has 21 heavy (non-hydrogen) atoms. The lowest BCUT2D eigenvalue weighted by Gasteiger charge is -2.05. The fourth-order valence-corrected chi connectivity index (χ4v) is 2.92. The molecule has 3 rings (SSSR count). The first-order valence-corrected chi connectivity index (χ1v) is 7.79. The van der Waals surface area contributed by atoms with Crippen molar-refractivity contribution < 1.29 is 0 Å². The second-order valence-corrected chi connectivity index (χ2v) is 6.35. The summed E-state index contributed by atoms with van der Waals surface area (Å²) in [4.78, 5) is 0. The topological polar surface area (TPSA) is 43.8 Å². The molecule has 4 heteroatoms. The summed E-state index contributed by atoms with van der Waals surface area (Å²) in [5.74, 6) is 0.688. The fourth-order valence-electron chi connectivity index (χ4n) is 2.38. The predicted molar refractivity (Wildman–Crippen MR) is 95.9 cm³/mol. The van der Waals surface area contributed by atoms with Gasteiger partial charge in [-0.25, -0.2) is 0 Å². The predicted octanol–water partition coefficient (Wildman–Crippen LogP) is 4.25. The van der Waals surface area contributed by atoms with E-state index in [9.17, 15) is 0 Å². The van der Waals surface area contributed by atoms with Gasteiger partial charge < -0.3 is 5.73 Å². The summed E-state index contributed by atoms with van der Waals surface area (Å²) < 4.78 is 2.92. The monoisotopic (exact) mass is 389 g/mol. The first-order valence-electron chi connectivity index (χ1n) is 6.71. The lowest BCUT2D eigenvalue weighted by Crippen LogP contribution is -1.97. The molecule has 0 unspecified atom stereocenters. The molecule has 0 fully saturated rings. The molecule has 3 nitrogen and oxygen atoms in total. The van der Waals surface area contributed by atoms with Crippen LogP contribution >= 0.6 is 22.6 Å². The third-order valence-corrected chi connectivity index (χ3v) is 4.20. The molecule has 0 atom stereocenters. The molecule has 0 bridgehead atoms. The van der Waals surface area contributed by atoms with E-state index in [1.807, 2.05) is 13.1 Å². The Labute approximate surface area is 137 Å². The minimum atomic E-state index is 0.688. The van der Waals surface area contributed by atoms with E-state index in [-0.39, 0.29) is 0 Å². The standard InChI is InChI=1S/C17H16IN3/c1-11-6-8-12(9-7-11)15-16(20-21(2)17(15)19)13-4-3-5-14(18)10-13/h3-10H,19H2,1-2H3. The van der Waals surface area contributed by atoms with Gasteiger partial charge in [0.1, 0.15) is 11.5 Å². The molecule has 0 aliphatic rings. The summed E-state index contributed by atoms with van der Waals surface area (Å²) in [5.41, 5.74) is 11.6. The van der Waals surface area contributed by atoms with Crippen LogP contribution in [0.3, 0.4) is 0 Å². The Hall–Kier alpha value is -1.82. The average molecular weight is 389 g/mol. The second-order valence-electron chi connectivity index (χ2n) is 5.11. The zero-order valence-electron chi connectivity index (χ0n) is 12.0. The van der Waals surface area contributed by atoms with E-state index in [0.717, 1.165) is 22.4 Å². The lowest BCUT2D eigenvalue weighted by molar-refractivity contribution is 0.782.